The molecule has 0 unspecified atom stereocenters. The number of nitrogens with zero attached hydrogens (tertiary/aromatic N) is 1. The standard InChI is InChI=1S/C18H18Br2N2O3/c1-8-4-2-3-5-11(8)21-12(23)7-22-17(24)13-9-6-10(14(13)18(22)25)16(20)15(9)19/h2-5,9-10,13-16H,6-7H2,1H3,(H,21,23)/t9-,10-,13-,14+,15+,16+/m1/s1. The van der Waals surface area contributed by atoms with Gasteiger partial charge < -0.3 is 5.32 Å². The van der Waals surface area contributed by atoms with E-state index in [0.717, 1.165) is 16.9 Å². The first kappa shape index (κ1) is 17.2. The van der Waals surface area contributed by atoms with Crippen LogP contribution in [0.2, 0.25) is 0 Å². The second-order valence-electron chi connectivity index (χ2n) is 7.13. The summed E-state index contributed by atoms with van der Waals surface area (Å²) in [7, 11) is 0. The van der Waals surface area contributed by atoms with Crippen LogP contribution in [-0.4, -0.2) is 38.8 Å². The first-order valence-corrected chi connectivity index (χ1v) is 10.2. The van der Waals surface area contributed by atoms with E-state index in [4.69, 9.17) is 0 Å². The molecule has 1 saturated heterocycles. The van der Waals surface area contributed by atoms with Crippen LogP contribution >= 0.6 is 31.9 Å². The summed E-state index contributed by atoms with van der Waals surface area (Å²) in [6, 6.07) is 7.43. The average molecular weight is 470 g/mol. The van der Waals surface area contributed by atoms with E-state index in [9.17, 15) is 14.4 Å². The van der Waals surface area contributed by atoms with E-state index in [1.165, 1.54) is 0 Å². The Balaban J connectivity index is 1.49. The first-order valence-electron chi connectivity index (χ1n) is 8.39. The highest BCUT2D eigenvalue weighted by Gasteiger charge is 2.66. The SMILES string of the molecule is Cc1ccccc1NC(=O)CN1C(=O)[C@@H]2[C@H]3C[C@@H]([C@H](Br)[C@H]3Br)[C@@H]2C1=O. The Morgan fingerprint density at radius 3 is 2.24 bits per heavy atom. The van der Waals surface area contributed by atoms with Gasteiger partial charge in [0.15, 0.2) is 0 Å². The number of likely N-dealkylation sites (tertiary alicyclic amines) is 1. The van der Waals surface area contributed by atoms with Crippen LogP contribution in [0.25, 0.3) is 0 Å². The minimum Gasteiger partial charge on any atom is -0.324 e. The fraction of sp³-hybridized carbons (Fsp3) is 0.500. The van der Waals surface area contributed by atoms with Gasteiger partial charge in [-0.05, 0) is 36.8 Å². The molecule has 7 heteroatoms. The van der Waals surface area contributed by atoms with Crippen LogP contribution in [-0.2, 0) is 14.4 Å². The quantitative estimate of drug-likeness (QED) is 0.546. The molecule has 2 bridgehead atoms. The molecule has 0 aromatic heterocycles. The smallest absolute Gasteiger partial charge is 0.244 e. The number of hydrogen-bond donors (Lipinski definition) is 1. The van der Waals surface area contributed by atoms with Gasteiger partial charge in [0, 0.05) is 15.3 Å². The van der Waals surface area contributed by atoms with E-state index < -0.39 is 0 Å². The number of halogens is 2. The largest absolute Gasteiger partial charge is 0.324 e. The lowest BCUT2D eigenvalue weighted by atomic mass is 9.81. The molecule has 132 valence electrons. The molecule has 6 atom stereocenters. The minimum absolute atomic E-state index is 0.167. The molecule has 2 saturated carbocycles. The highest BCUT2D eigenvalue weighted by atomic mass is 79.9. The van der Waals surface area contributed by atoms with Gasteiger partial charge in [-0.15, -0.1) is 0 Å². The fourth-order valence-corrected chi connectivity index (χ4v) is 6.49. The van der Waals surface area contributed by atoms with Crippen LogP contribution in [0.3, 0.4) is 0 Å². The van der Waals surface area contributed by atoms with Crippen LogP contribution in [0.15, 0.2) is 24.3 Å². The highest BCUT2D eigenvalue weighted by molar-refractivity contribution is 9.12. The van der Waals surface area contributed by atoms with Crippen molar-refractivity contribution in [3.8, 4) is 0 Å². The number of carbonyl (C=O) groups excluding carboxylic acids is 3. The van der Waals surface area contributed by atoms with E-state index >= 15 is 0 Å². The first-order chi connectivity index (χ1) is 11.9. The van der Waals surface area contributed by atoms with Crippen molar-refractivity contribution >= 4 is 55.3 Å². The third-order valence-electron chi connectivity index (χ3n) is 5.80. The van der Waals surface area contributed by atoms with Gasteiger partial charge in [-0.1, -0.05) is 50.1 Å². The fourth-order valence-electron chi connectivity index (χ4n) is 4.61. The number of alkyl halides is 2. The zero-order chi connectivity index (χ0) is 17.9. The lowest BCUT2D eigenvalue weighted by molar-refractivity contribution is -0.143. The number of hydrogen-bond acceptors (Lipinski definition) is 3. The molecule has 1 aromatic rings. The predicted octanol–water partition coefficient (Wildman–Crippen LogP) is 2.71. The van der Waals surface area contributed by atoms with Crippen LogP contribution in [0, 0.1) is 30.6 Å². The Labute approximate surface area is 162 Å². The Morgan fingerprint density at radius 1 is 1.12 bits per heavy atom. The molecular formula is C18H18Br2N2O3. The summed E-state index contributed by atoms with van der Waals surface area (Å²) in [6.45, 7) is 1.69. The average Bonchev–Trinajstić information content (AvgIpc) is 3.17. The third kappa shape index (κ3) is 2.58. The number of para-hydroxylation sites is 1. The molecule has 3 fully saturated rings. The van der Waals surface area contributed by atoms with Crippen molar-refractivity contribution in [2.24, 2.45) is 23.7 Å². The Bertz CT molecular complexity index is 736. The maximum absolute atomic E-state index is 12.8. The summed E-state index contributed by atoms with van der Waals surface area (Å²) in [5, 5.41) is 2.80. The number of rotatable bonds is 3. The van der Waals surface area contributed by atoms with Crippen molar-refractivity contribution in [3.05, 3.63) is 29.8 Å². The number of aryl methyl sites for hydroxylation is 1. The molecule has 2 aliphatic carbocycles. The number of nitrogens with one attached hydrogen (secondary N) is 1. The van der Waals surface area contributed by atoms with Gasteiger partial charge in [-0.3, -0.25) is 19.3 Å². The maximum atomic E-state index is 12.8. The van der Waals surface area contributed by atoms with E-state index in [1.54, 1.807) is 6.07 Å². The second kappa shape index (κ2) is 6.20. The number of benzene rings is 1. The minimum atomic E-state index is -0.339. The molecule has 0 radical (unpaired) electrons. The monoisotopic (exact) mass is 468 g/mol. The zero-order valence-corrected chi connectivity index (χ0v) is 16.8. The number of amides is 3. The van der Waals surface area contributed by atoms with Crippen molar-refractivity contribution in [3.63, 3.8) is 0 Å². The van der Waals surface area contributed by atoms with Crippen molar-refractivity contribution in [2.45, 2.75) is 23.0 Å². The number of fused-ring (bicyclic) bond motifs is 5. The van der Waals surface area contributed by atoms with Gasteiger partial charge in [-0.25, -0.2) is 0 Å². The van der Waals surface area contributed by atoms with Gasteiger partial charge in [0.2, 0.25) is 17.7 Å². The van der Waals surface area contributed by atoms with E-state index in [2.05, 4.69) is 37.2 Å². The number of anilines is 1. The molecule has 1 aliphatic heterocycles. The van der Waals surface area contributed by atoms with Crippen molar-refractivity contribution in [1.82, 2.24) is 4.90 Å². The zero-order valence-electron chi connectivity index (χ0n) is 13.6. The van der Waals surface area contributed by atoms with Crippen molar-refractivity contribution < 1.29 is 14.4 Å². The third-order valence-corrected chi connectivity index (χ3v) is 9.01. The summed E-state index contributed by atoms with van der Waals surface area (Å²) < 4.78 is 0. The maximum Gasteiger partial charge on any atom is 0.244 e. The van der Waals surface area contributed by atoms with Gasteiger partial charge in [0.25, 0.3) is 0 Å². The molecule has 1 N–H and O–H groups in total. The summed E-state index contributed by atoms with van der Waals surface area (Å²) in [5.41, 5.74) is 1.64. The van der Waals surface area contributed by atoms with Gasteiger partial charge in [-0.2, -0.15) is 0 Å². The van der Waals surface area contributed by atoms with Gasteiger partial charge in [0.05, 0.1) is 11.8 Å². The topological polar surface area (TPSA) is 66.5 Å². The molecule has 1 heterocycles. The van der Waals surface area contributed by atoms with Crippen LogP contribution in [0.5, 0.6) is 0 Å². The van der Waals surface area contributed by atoms with Crippen LogP contribution in [0.1, 0.15) is 12.0 Å². The number of carbonyl (C=O) groups is 3. The lowest BCUT2D eigenvalue weighted by Gasteiger charge is -2.28. The predicted molar refractivity (Wildman–Crippen MR) is 101 cm³/mol. The van der Waals surface area contributed by atoms with Crippen LogP contribution < -0.4 is 5.32 Å². The second-order valence-corrected chi connectivity index (χ2v) is 9.24. The summed E-state index contributed by atoms with van der Waals surface area (Å²) in [5.74, 6) is -0.934. The van der Waals surface area contributed by atoms with Crippen molar-refractivity contribution in [2.75, 3.05) is 11.9 Å². The highest BCUT2D eigenvalue weighted by Crippen LogP contribution is 2.60. The summed E-state index contributed by atoms with van der Waals surface area (Å²) >= 11 is 7.32. The lowest BCUT2D eigenvalue weighted by Crippen LogP contribution is -2.39. The van der Waals surface area contributed by atoms with E-state index in [0.29, 0.717) is 5.69 Å². The molecule has 0 spiro atoms. The summed E-state index contributed by atoms with van der Waals surface area (Å²) in [4.78, 5) is 39.5. The molecule has 3 amide bonds. The summed E-state index contributed by atoms with van der Waals surface area (Å²) in [6.07, 6.45) is 0.891. The molecule has 5 nitrogen and oxygen atoms in total. The van der Waals surface area contributed by atoms with Crippen molar-refractivity contribution in [1.29, 1.82) is 0 Å². The van der Waals surface area contributed by atoms with Gasteiger partial charge >= 0.3 is 0 Å². The van der Waals surface area contributed by atoms with E-state index in [-0.39, 0.29) is 57.6 Å². The molecule has 25 heavy (non-hydrogen) atoms. The molecule has 1 aromatic carbocycles. The molecule has 4 rings (SSSR count). The Morgan fingerprint density at radius 2 is 1.68 bits per heavy atom. The molecule has 3 aliphatic rings. The molecular weight excluding hydrogens is 452 g/mol. The van der Waals surface area contributed by atoms with Crippen LogP contribution in [0.4, 0.5) is 5.69 Å². The Hall–Kier alpha value is -1.21. The number of imide groups is 1. The normalized spacial score (nSPS) is 36.0. The Kier molecular flexibility index (Phi) is 4.27. The van der Waals surface area contributed by atoms with Gasteiger partial charge in [0.1, 0.15) is 6.54 Å². The van der Waals surface area contributed by atoms with E-state index in [1.807, 2.05) is 25.1 Å².